The maximum atomic E-state index is 14.4. The number of likely N-dealkylation sites (tertiary alicyclic amines) is 1. The molecule has 1 N–H and O–H groups in total. The van der Waals surface area contributed by atoms with Crippen LogP contribution in [0.1, 0.15) is 39.7 Å². The monoisotopic (exact) mass is 508 g/mol. The summed E-state index contributed by atoms with van der Waals surface area (Å²) in [5.74, 6) is -2.95. The third-order valence-corrected chi connectivity index (χ3v) is 8.36. The molecule has 0 bridgehead atoms. The van der Waals surface area contributed by atoms with Crippen LogP contribution in [-0.2, 0) is 30.3 Å². The van der Waals surface area contributed by atoms with Gasteiger partial charge >= 0.3 is 5.97 Å². The summed E-state index contributed by atoms with van der Waals surface area (Å²) in [4.78, 5) is 45.4. The molecule has 0 aliphatic carbocycles. The van der Waals surface area contributed by atoms with Crippen LogP contribution in [0.2, 0.25) is 0 Å². The summed E-state index contributed by atoms with van der Waals surface area (Å²) in [5, 5.41) is 10.5. The van der Waals surface area contributed by atoms with Gasteiger partial charge in [-0.3, -0.25) is 14.4 Å². The summed E-state index contributed by atoms with van der Waals surface area (Å²) in [6.45, 7) is 7.91. The van der Waals surface area contributed by atoms with Crippen LogP contribution in [0, 0.1) is 11.8 Å². The average molecular weight is 509 g/mol. The molecule has 6 atom stereocenters. The normalized spacial score (nSPS) is 34.0. The molecule has 0 radical (unpaired) electrons. The summed E-state index contributed by atoms with van der Waals surface area (Å²) in [7, 11) is 0. The van der Waals surface area contributed by atoms with Gasteiger partial charge in [-0.1, -0.05) is 55.5 Å². The number of hydrogen-bond acceptors (Lipinski definition) is 6. The Kier molecular flexibility index (Phi) is 6.31. The van der Waals surface area contributed by atoms with Crippen molar-refractivity contribution in [1.82, 2.24) is 9.80 Å². The summed E-state index contributed by atoms with van der Waals surface area (Å²) in [6, 6.07) is 7.88. The maximum absolute atomic E-state index is 14.4. The predicted octanol–water partition coefficient (Wildman–Crippen LogP) is 2.26. The van der Waals surface area contributed by atoms with Crippen molar-refractivity contribution in [3.05, 3.63) is 60.2 Å². The number of aliphatic hydroxyl groups is 1. The minimum atomic E-state index is -1.36. The minimum absolute atomic E-state index is 0.112. The molecule has 0 saturated carbocycles. The highest BCUT2D eigenvalue weighted by Crippen LogP contribution is 2.59. The number of ether oxygens (including phenoxy) is 2. The Bertz CT molecular complexity index is 1140. The molecule has 5 rings (SSSR count). The first-order chi connectivity index (χ1) is 17.6. The molecular weight excluding hydrogens is 472 g/mol. The number of hydrogen-bond donors (Lipinski definition) is 1. The van der Waals surface area contributed by atoms with Crippen LogP contribution in [0.3, 0.4) is 0 Å². The Morgan fingerprint density at radius 2 is 1.78 bits per heavy atom. The molecule has 37 heavy (non-hydrogen) atoms. The Labute approximate surface area is 217 Å². The maximum Gasteiger partial charge on any atom is 0.313 e. The van der Waals surface area contributed by atoms with Gasteiger partial charge in [0.25, 0.3) is 0 Å². The van der Waals surface area contributed by atoms with Gasteiger partial charge in [-0.05, 0) is 45.3 Å². The fraction of sp³-hybridized carbons (Fsp3) is 0.552. The second kappa shape index (κ2) is 9.10. The van der Waals surface area contributed by atoms with Gasteiger partial charge < -0.3 is 24.4 Å². The van der Waals surface area contributed by atoms with Gasteiger partial charge in [-0.25, -0.2) is 0 Å². The van der Waals surface area contributed by atoms with Crippen molar-refractivity contribution in [2.45, 2.75) is 69.4 Å². The second-order valence-electron chi connectivity index (χ2n) is 11.4. The summed E-state index contributed by atoms with van der Waals surface area (Å²) < 4.78 is 12.3. The van der Waals surface area contributed by atoms with E-state index < -0.39 is 46.6 Å². The molecule has 2 amide bonds. The SMILES string of the molecule is CC[C@@]12C=CCOC(=O)[C@@H]1[C@H]1C(=O)N([C@@H](CO)Cc3ccccc3)C3C(=O)N(C(C)(C)C)CC=C[C@@]31O2. The van der Waals surface area contributed by atoms with E-state index in [2.05, 4.69) is 0 Å². The third kappa shape index (κ3) is 3.84. The van der Waals surface area contributed by atoms with E-state index in [0.29, 0.717) is 19.4 Å². The zero-order valence-corrected chi connectivity index (χ0v) is 21.9. The lowest BCUT2D eigenvalue weighted by Gasteiger charge is -2.43. The molecule has 8 nitrogen and oxygen atoms in total. The van der Waals surface area contributed by atoms with E-state index in [9.17, 15) is 19.5 Å². The van der Waals surface area contributed by atoms with E-state index in [4.69, 9.17) is 9.47 Å². The lowest BCUT2D eigenvalue weighted by atomic mass is 9.73. The van der Waals surface area contributed by atoms with Crippen LogP contribution in [0.4, 0.5) is 0 Å². The van der Waals surface area contributed by atoms with Crippen LogP contribution in [-0.4, -0.2) is 81.3 Å². The molecular formula is C29H36N2O6. The van der Waals surface area contributed by atoms with Gasteiger partial charge in [0.05, 0.1) is 18.6 Å². The molecule has 4 aliphatic heterocycles. The highest BCUT2D eigenvalue weighted by molar-refractivity contribution is 5.99. The number of carbonyl (C=O) groups is 3. The van der Waals surface area contributed by atoms with Gasteiger partial charge in [-0.15, -0.1) is 0 Å². The molecule has 198 valence electrons. The van der Waals surface area contributed by atoms with Crippen LogP contribution < -0.4 is 0 Å². The first-order valence-electron chi connectivity index (χ1n) is 13.1. The van der Waals surface area contributed by atoms with Crippen molar-refractivity contribution in [3.8, 4) is 0 Å². The van der Waals surface area contributed by atoms with Gasteiger partial charge in [0.1, 0.15) is 29.8 Å². The van der Waals surface area contributed by atoms with E-state index in [-0.39, 0.29) is 25.0 Å². The van der Waals surface area contributed by atoms with Crippen molar-refractivity contribution in [3.63, 3.8) is 0 Å². The van der Waals surface area contributed by atoms with Crippen LogP contribution >= 0.6 is 0 Å². The third-order valence-electron chi connectivity index (χ3n) is 8.36. The van der Waals surface area contributed by atoms with Crippen molar-refractivity contribution in [2.24, 2.45) is 11.8 Å². The Hall–Kier alpha value is -2.97. The number of amides is 2. The highest BCUT2D eigenvalue weighted by atomic mass is 16.6. The molecule has 1 aromatic carbocycles. The van der Waals surface area contributed by atoms with Gasteiger partial charge in [-0.2, -0.15) is 0 Å². The van der Waals surface area contributed by atoms with Crippen LogP contribution in [0.25, 0.3) is 0 Å². The fourth-order valence-corrected chi connectivity index (χ4v) is 6.67. The summed E-state index contributed by atoms with van der Waals surface area (Å²) >= 11 is 0. The number of rotatable bonds is 5. The molecule has 1 spiro atoms. The van der Waals surface area contributed by atoms with Crippen molar-refractivity contribution in [2.75, 3.05) is 19.8 Å². The number of nitrogens with zero attached hydrogens (tertiary/aromatic N) is 2. The first kappa shape index (κ1) is 25.7. The minimum Gasteiger partial charge on any atom is -0.461 e. The van der Waals surface area contributed by atoms with E-state index in [1.807, 2.05) is 76.3 Å². The molecule has 4 heterocycles. The summed E-state index contributed by atoms with van der Waals surface area (Å²) in [6.07, 6.45) is 8.10. The number of carbonyl (C=O) groups excluding carboxylic acids is 3. The Balaban J connectivity index is 1.68. The molecule has 4 aliphatic rings. The van der Waals surface area contributed by atoms with Crippen molar-refractivity contribution >= 4 is 17.8 Å². The zero-order valence-electron chi connectivity index (χ0n) is 21.9. The number of benzene rings is 1. The number of fused-ring (bicyclic) bond motifs is 2. The topological polar surface area (TPSA) is 96.4 Å². The van der Waals surface area contributed by atoms with Crippen LogP contribution in [0.5, 0.6) is 0 Å². The van der Waals surface area contributed by atoms with Crippen molar-refractivity contribution in [1.29, 1.82) is 0 Å². The molecule has 1 aromatic rings. The smallest absolute Gasteiger partial charge is 0.313 e. The van der Waals surface area contributed by atoms with Gasteiger partial charge in [0, 0.05) is 12.1 Å². The Morgan fingerprint density at radius 1 is 1.05 bits per heavy atom. The van der Waals surface area contributed by atoms with Gasteiger partial charge in [0.2, 0.25) is 11.8 Å². The molecule has 2 saturated heterocycles. The molecule has 8 heteroatoms. The molecule has 0 aromatic heterocycles. The molecule has 2 fully saturated rings. The second-order valence-corrected chi connectivity index (χ2v) is 11.4. The number of aliphatic hydroxyl groups excluding tert-OH is 1. The number of cyclic esters (lactones) is 1. The van der Waals surface area contributed by atoms with E-state index in [1.54, 1.807) is 11.0 Å². The highest BCUT2D eigenvalue weighted by Gasteiger charge is 2.76. The van der Waals surface area contributed by atoms with Gasteiger partial charge in [0.15, 0.2) is 0 Å². The van der Waals surface area contributed by atoms with Crippen LogP contribution in [0.15, 0.2) is 54.6 Å². The average Bonchev–Trinajstić information content (AvgIpc) is 3.14. The van der Waals surface area contributed by atoms with Crippen molar-refractivity contribution < 1.29 is 29.0 Å². The standard InChI is InChI=1S/C29H36N2O6/c1-5-28-13-10-16-36-26(35)22(28)21-24(33)31(20(18-32)17-19-11-7-6-8-12-19)23-25(34)30(27(2,3)4)15-9-14-29(21,23)37-28/h6-14,20-23,32H,5,15-18H2,1-4H3/t20-,21+,22+,23?,28-,29+/m1/s1. The molecule has 1 unspecified atom stereocenters. The largest absolute Gasteiger partial charge is 0.461 e. The lowest BCUT2D eigenvalue weighted by molar-refractivity contribution is -0.162. The zero-order chi connectivity index (χ0) is 26.6. The predicted molar refractivity (Wildman–Crippen MR) is 136 cm³/mol. The number of esters is 1. The fourth-order valence-electron chi connectivity index (χ4n) is 6.67. The quantitative estimate of drug-likeness (QED) is 0.484. The van der Waals surface area contributed by atoms with E-state index in [1.165, 1.54) is 4.90 Å². The summed E-state index contributed by atoms with van der Waals surface area (Å²) in [5.41, 5.74) is -2.00. The van der Waals surface area contributed by atoms with E-state index >= 15 is 0 Å². The van der Waals surface area contributed by atoms with E-state index in [0.717, 1.165) is 5.56 Å². The lowest BCUT2D eigenvalue weighted by Crippen LogP contribution is -2.61. The Morgan fingerprint density at radius 3 is 2.43 bits per heavy atom. The first-order valence-corrected chi connectivity index (χ1v) is 13.1.